The van der Waals surface area contributed by atoms with Crippen LogP contribution < -0.4 is 0 Å². The predicted octanol–water partition coefficient (Wildman–Crippen LogP) is 10.1. The first-order valence-corrected chi connectivity index (χ1v) is 15.0. The Balaban J connectivity index is 1.50. The normalized spacial score (nSPS) is 11.3. The first-order chi connectivity index (χ1) is 21.6. The van der Waals surface area contributed by atoms with Gasteiger partial charge in [0.1, 0.15) is 5.84 Å². The van der Waals surface area contributed by atoms with E-state index in [4.69, 9.17) is 4.99 Å². The van der Waals surface area contributed by atoms with E-state index in [9.17, 15) is 5.41 Å². The van der Waals surface area contributed by atoms with Gasteiger partial charge in [0.2, 0.25) is 0 Å². The summed E-state index contributed by atoms with van der Waals surface area (Å²) in [4.78, 5) is 7.17. The van der Waals surface area contributed by atoms with Gasteiger partial charge in [0.15, 0.2) is 5.84 Å². The number of hydrogen-bond donors (Lipinski definition) is 1. The molecule has 0 aliphatic heterocycles. The van der Waals surface area contributed by atoms with Gasteiger partial charge < -0.3 is 4.90 Å². The van der Waals surface area contributed by atoms with Gasteiger partial charge in [-0.05, 0) is 87.8 Å². The van der Waals surface area contributed by atoms with E-state index in [-0.39, 0.29) is 5.84 Å². The first kappa shape index (κ1) is 28.6. The Morgan fingerprint density at radius 3 is 1.11 bits per heavy atom. The fourth-order valence-corrected chi connectivity index (χ4v) is 5.40. The largest absolute Gasteiger partial charge is 0.359 e. The van der Waals surface area contributed by atoms with Crippen LogP contribution in [0.15, 0.2) is 163 Å². The van der Waals surface area contributed by atoms with Crippen molar-refractivity contribution in [1.29, 1.82) is 5.41 Å². The maximum absolute atomic E-state index is 9.32. The molecule has 0 bridgehead atoms. The van der Waals surface area contributed by atoms with E-state index in [0.29, 0.717) is 0 Å². The van der Waals surface area contributed by atoms with E-state index < -0.39 is 0 Å². The van der Waals surface area contributed by atoms with Crippen LogP contribution in [0.3, 0.4) is 0 Å². The average Bonchev–Trinajstić information content (AvgIpc) is 3.11. The van der Waals surface area contributed by atoms with Crippen LogP contribution in [0.5, 0.6) is 0 Å². The Bertz CT molecular complexity index is 1780. The lowest BCUT2D eigenvalue weighted by Gasteiger charge is -2.22. The number of aliphatic imine (C=N–C) groups is 1. The Hall–Kier alpha value is -5.54. The van der Waals surface area contributed by atoms with Crippen molar-refractivity contribution in [2.75, 3.05) is 13.6 Å². The van der Waals surface area contributed by atoms with Crippen LogP contribution in [-0.2, 0) is 0 Å². The van der Waals surface area contributed by atoms with Crippen molar-refractivity contribution in [3.05, 3.63) is 169 Å². The highest BCUT2D eigenvalue weighted by Crippen LogP contribution is 2.31. The van der Waals surface area contributed by atoms with Crippen molar-refractivity contribution in [3.8, 4) is 44.5 Å². The van der Waals surface area contributed by atoms with E-state index in [1.54, 1.807) is 0 Å². The van der Waals surface area contributed by atoms with Crippen LogP contribution in [0.2, 0.25) is 0 Å². The van der Waals surface area contributed by atoms with Gasteiger partial charge in [-0.25, -0.2) is 4.99 Å². The molecule has 0 amide bonds. The van der Waals surface area contributed by atoms with Crippen molar-refractivity contribution in [2.24, 2.45) is 4.99 Å². The molecule has 0 aliphatic rings. The predicted molar refractivity (Wildman–Crippen MR) is 186 cm³/mol. The van der Waals surface area contributed by atoms with Crippen LogP contribution in [-0.4, -0.2) is 30.2 Å². The van der Waals surface area contributed by atoms with Gasteiger partial charge in [0.05, 0.1) is 0 Å². The summed E-state index contributed by atoms with van der Waals surface area (Å²) in [6.07, 6.45) is 0. The summed E-state index contributed by atoms with van der Waals surface area (Å²) >= 11 is 0. The van der Waals surface area contributed by atoms with Gasteiger partial charge in [0, 0.05) is 24.7 Å². The summed E-state index contributed by atoms with van der Waals surface area (Å²) in [6, 6.07) is 54.5. The maximum atomic E-state index is 9.32. The number of nitrogens with zero attached hydrogens (tertiary/aromatic N) is 2. The van der Waals surface area contributed by atoms with E-state index >= 15 is 0 Å². The monoisotopic (exact) mass is 569 g/mol. The molecule has 0 radical (unpaired) electrons. The number of hydrogen-bond acceptors (Lipinski definition) is 1. The molecule has 3 nitrogen and oxygen atoms in total. The molecule has 6 aromatic carbocycles. The lowest BCUT2D eigenvalue weighted by Crippen LogP contribution is -2.28. The summed E-state index contributed by atoms with van der Waals surface area (Å²) < 4.78 is 0. The molecule has 0 fully saturated rings. The molecule has 0 unspecified atom stereocenters. The van der Waals surface area contributed by atoms with Gasteiger partial charge in [-0.2, -0.15) is 0 Å². The summed E-state index contributed by atoms with van der Waals surface area (Å²) in [5.74, 6) is 0.987. The molecule has 1 N–H and O–H groups in total. The third-order valence-electron chi connectivity index (χ3n) is 7.88. The Kier molecular flexibility index (Phi) is 8.56. The topological polar surface area (TPSA) is 39.5 Å². The van der Waals surface area contributed by atoms with Gasteiger partial charge in [-0.3, -0.25) is 5.41 Å². The number of amidine groups is 2. The quantitative estimate of drug-likeness (QED) is 0.151. The standard InChI is InChI=1S/C41H35N3/c1-3-44(2)41(39-28-36(32-20-12-6-13-21-32)25-37(29-39)33-22-14-7-15-23-33)43-40(42)38-26-34(30-16-8-4-9-17-30)24-35(27-38)31-18-10-5-11-19-31/h4-29,42H,3H2,1-2H3/b42-40?,43-41-. The van der Waals surface area contributed by atoms with Gasteiger partial charge in [0.25, 0.3) is 0 Å². The fourth-order valence-electron chi connectivity index (χ4n) is 5.40. The minimum absolute atomic E-state index is 0.224. The molecule has 3 heteroatoms. The maximum Gasteiger partial charge on any atom is 0.154 e. The smallest absolute Gasteiger partial charge is 0.154 e. The van der Waals surface area contributed by atoms with Crippen LogP contribution in [0.1, 0.15) is 18.1 Å². The first-order valence-electron chi connectivity index (χ1n) is 15.0. The zero-order valence-electron chi connectivity index (χ0n) is 25.1. The van der Waals surface area contributed by atoms with Crippen LogP contribution >= 0.6 is 0 Å². The molecule has 0 saturated heterocycles. The van der Waals surface area contributed by atoms with Crippen molar-refractivity contribution < 1.29 is 0 Å². The number of nitrogens with one attached hydrogen (secondary N) is 1. The lowest BCUT2D eigenvalue weighted by atomic mass is 9.95. The SMILES string of the molecule is CCN(C)/C(=N\C(=N)c1cc(-c2ccccc2)cc(-c2ccccc2)c1)c1cc(-c2ccccc2)cc(-c2ccccc2)c1. The molecule has 6 rings (SSSR count). The second-order valence-electron chi connectivity index (χ2n) is 10.9. The second kappa shape index (κ2) is 13.2. The van der Waals surface area contributed by atoms with Crippen molar-refractivity contribution in [2.45, 2.75) is 6.92 Å². The van der Waals surface area contributed by atoms with Crippen LogP contribution in [0.25, 0.3) is 44.5 Å². The van der Waals surface area contributed by atoms with Gasteiger partial charge in [-0.1, -0.05) is 121 Å². The van der Waals surface area contributed by atoms with Crippen molar-refractivity contribution >= 4 is 11.7 Å². The van der Waals surface area contributed by atoms with Gasteiger partial charge >= 0.3 is 0 Å². The molecule has 0 saturated carbocycles. The van der Waals surface area contributed by atoms with E-state index in [2.05, 4.69) is 121 Å². The molecule has 0 atom stereocenters. The summed E-state index contributed by atoms with van der Waals surface area (Å²) in [6.45, 7) is 2.86. The highest BCUT2D eigenvalue weighted by atomic mass is 15.2. The number of rotatable bonds is 7. The Labute approximate surface area is 260 Å². The van der Waals surface area contributed by atoms with Crippen molar-refractivity contribution in [3.63, 3.8) is 0 Å². The molecular formula is C41H35N3. The molecular weight excluding hydrogens is 534 g/mol. The minimum atomic E-state index is 0.224. The highest BCUT2D eigenvalue weighted by molar-refractivity contribution is 6.11. The highest BCUT2D eigenvalue weighted by Gasteiger charge is 2.16. The minimum Gasteiger partial charge on any atom is -0.359 e. The molecule has 0 aliphatic carbocycles. The zero-order valence-corrected chi connectivity index (χ0v) is 25.1. The summed E-state index contributed by atoms with van der Waals surface area (Å²) in [5.41, 5.74) is 10.6. The number of benzene rings is 6. The molecule has 0 spiro atoms. The lowest BCUT2D eigenvalue weighted by molar-refractivity contribution is 0.537. The van der Waals surface area contributed by atoms with Crippen LogP contribution in [0, 0.1) is 5.41 Å². The van der Waals surface area contributed by atoms with Crippen molar-refractivity contribution in [1.82, 2.24) is 4.90 Å². The molecule has 0 heterocycles. The van der Waals surface area contributed by atoms with E-state index in [1.165, 1.54) is 0 Å². The van der Waals surface area contributed by atoms with Gasteiger partial charge in [-0.15, -0.1) is 0 Å². The summed E-state index contributed by atoms with van der Waals surface area (Å²) in [5, 5.41) is 9.32. The van der Waals surface area contributed by atoms with Crippen LogP contribution in [0.4, 0.5) is 0 Å². The molecule has 214 valence electrons. The summed E-state index contributed by atoms with van der Waals surface area (Å²) in [7, 11) is 2.04. The molecule has 0 aromatic heterocycles. The average molecular weight is 570 g/mol. The molecule has 44 heavy (non-hydrogen) atoms. The van der Waals surface area contributed by atoms with E-state index in [0.717, 1.165) is 68.0 Å². The Morgan fingerprint density at radius 2 is 0.795 bits per heavy atom. The third-order valence-corrected chi connectivity index (χ3v) is 7.88. The van der Waals surface area contributed by atoms with E-state index in [1.807, 2.05) is 55.6 Å². The second-order valence-corrected chi connectivity index (χ2v) is 10.9. The zero-order chi connectivity index (χ0) is 30.3. The fraction of sp³-hybridized carbons (Fsp3) is 0.0732. The Morgan fingerprint density at radius 1 is 0.477 bits per heavy atom. The molecule has 6 aromatic rings. The third kappa shape index (κ3) is 6.43.